The molecule has 15 heavy (non-hydrogen) atoms. The second kappa shape index (κ2) is 4.09. The van der Waals surface area contributed by atoms with Crippen molar-refractivity contribution < 1.29 is 4.74 Å². The van der Waals surface area contributed by atoms with Crippen LogP contribution in [0.5, 0.6) is 6.01 Å². The Bertz CT molecular complexity index is 388. The monoisotopic (exact) mass is 205 g/mol. The lowest BCUT2D eigenvalue weighted by Crippen LogP contribution is -2.29. The Balaban J connectivity index is 2.25. The maximum Gasteiger partial charge on any atom is 0.320 e. The molecule has 0 spiro atoms. The lowest BCUT2D eigenvalue weighted by atomic mass is 10.2. The molecular formula is C9H11N5O. The van der Waals surface area contributed by atoms with Crippen molar-refractivity contribution in [2.45, 2.75) is 18.9 Å². The summed E-state index contributed by atoms with van der Waals surface area (Å²) >= 11 is 0. The first-order chi connectivity index (χ1) is 7.35. The Morgan fingerprint density at radius 3 is 3.20 bits per heavy atom. The fourth-order valence-corrected chi connectivity index (χ4v) is 1.65. The minimum absolute atomic E-state index is 0.128. The Morgan fingerprint density at radius 1 is 1.60 bits per heavy atom. The first-order valence-electron chi connectivity index (χ1n) is 4.74. The first kappa shape index (κ1) is 9.65. The van der Waals surface area contributed by atoms with Crippen molar-refractivity contribution in [2.75, 3.05) is 18.6 Å². The third kappa shape index (κ3) is 1.81. The van der Waals surface area contributed by atoms with E-state index in [-0.39, 0.29) is 12.1 Å². The van der Waals surface area contributed by atoms with Crippen molar-refractivity contribution in [2.24, 2.45) is 0 Å². The Morgan fingerprint density at radius 2 is 2.47 bits per heavy atom. The fourth-order valence-electron chi connectivity index (χ4n) is 1.65. The van der Waals surface area contributed by atoms with Gasteiger partial charge in [0.05, 0.1) is 13.2 Å². The quantitative estimate of drug-likeness (QED) is 0.694. The molecule has 0 aliphatic carbocycles. The number of nitriles is 1. The number of methoxy groups -OCH3 is 1. The zero-order valence-electron chi connectivity index (χ0n) is 8.42. The van der Waals surface area contributed by atoms with Gasteiger partial charge in [0.2, 0.25) is 5.95 Å². The molecule has 1 saturated heterocycles. The molecule has 6 nitrogen and oxygen atoms in total. The van der Waals surface area contributed by atoms with Gasteiger partial charge in [-0.15, -0.1) is 0 Å². The van der Waals surface area contributed by atoms with Gasteiger partial charge in [-0.25, -0.2) is 4.98 Å². The van der Waals surface area contributed by atoms with E-state index >= 15 is 0 Å². The van der Waals surface area contributed by atoms with Crippen LogP contribution in [0.25, 0.3) is 0 Å². The summed E-state index contributed by atoms with van der Waals surface area (Å²) in [6.07, 6.45) is 3.25. The van der Waals surface area contributed by atoms with E-state index < -0.39 is 0 Å². The van der Waals surface area contributed by atoms with Crippen LogP contribution < -0.4 is 9.64 Å². The molecule has 1 fully saturated rings. The number of hydrogen-bond donors (Lipinski definition) is 0. The average molecular weight is 205 g/mol. The largest absolute Gasteiger partial charge is 0.467 e. The molecule has 0 bridgehead atoms. The number of anilines is 1. The maximum atomic E-state index is 8.93. The highest BCUT2D eigenvalue weighted by Gasteiger charge is 2.26. The maximum absolute atomic E-state index is 8.93. The molecule has 78 valence electrons. The van der Waals surface area contributed by atoms with Gasteiger partial charge in [-0.2, -0.15) is 15.2 Å². The van der Waals surface area contributed by atoms with Crippen molar-refractivity contribution in [1.82, 2.24) is 15.0 Å². The van der Waals surface area contributed by atoms with Gasteiger partial charge in [0.15, 0.2) is 0 Å². The zero-order chi connectivity index (χ0) is 10.7. The Kier molecular flexibility index (Phi) is 2.63. The summed E-state index contributed by atoms with van der Waals surface area (Å²) in [6, 6.07) is 2.39. The fraction of sp³-hybridized carbons (Fsp3) is 0.556. The molecule has 1 aromatic heterocycles. The van der Waals surface area contributed by atoms with Crippen LogP contribution in [0.3, 0.4) is 0 Å². The summed E-state index contributed by atoms with van der Waals surface area (Å²) in [4.78, 5) is 13.8. The van der Waals surface area contributed by atoms with Gasteiger partial charge in [-0.3, -0.25) is 0 Å². The van der Waals surface area contributed by atoms with E-state index in [4.69, 9.17) is 10.00 Å². The van der Waals surface area contributed by atoms with Crippen LogP contribution in [-0.2, 0) is 0 Å². The number of ether oxygens (including phenoxy) is 1. The van der Waals surface area contributed by atoms with Crippen LogP contribution in [0, 0.1) is 11.3 Å². The van der Waals surface area contributed by atoms with Crippen LogP contribution >= 0.6 is 0 Å². The Hall–Kier alpha value is -1.90. The number of aromatic nitrogens is 3. The minimum Gasteiger partial charge on any atom is -0.467 e. The second-order valence-electron chi connectivity index (χ2n) is 3.25. The van der Waals surface area contributed by atoms with E-state index in [1.165, 1.54) is 13.4 Å². The van der Waals surface area contributed by atoms with Gasteiger partial charge in [0.25, 0.3) is 0 Å². The van der Waals surface area contributed by atoms with E-state index in [1.54, 1.807) is 0 Å². The van der Waals surface area contributed by atoms with Crippen molar-refractivity contribution in [1.29, 1.82) is 5.26 Å². The van der Waals surface area contributed by atoms with Crippen LogP contribution in [0.2, 0.25) is 0 Å². The summed E-state index contributed by atoms with van der Waals surface area (Å²) in [5, 5.41) is 8.93. The summed E-state index contributed by atoms with van der Waals surface area (Å²) < 4.78 is 4.91. The molecule has 0 saturated carbocycles. The number of hydrogen-bond acceptors (Lipinski definition) is 6. The molecule has 1 aromatic rings. The lowest BCUT2D eigenvalue weighted by Gasteiger charge is -2.18. The van der Waals surface area contributed by atoms with E-state index in [2.05, 4.69) is 21.0 Å². The van der Waals surface area contributed by atoms with Gasteiger partial charge in [-0.05, 0) is 12.8 Å². The molecule has 1 atom stereocenters. The van der Waals surface area contributed by atoms with Gasteiger partial charge in [0.1, 0.15) is 12.4 Å². The molecule has 0 radical (unpaired) electrons. The minimum atomic E-state index is -0.128. The standard InChI is InChI=1S/C9H11N5O/c1-15-9-12-6-11-8(13-9)14-4-2-3-7(14)5-10/h6-7H,2-4H2,1H3/t7-/m0/s1. The van der Waals surface area contributed by atoms with Crippen LogP contribution in [-0.4, -0.2) is 34.6 Å². The molecule has 0 amide bonds. The zero-order valence-corrected chi connectivity index (χ0v) is 8.42. The summed E-state index contributed by atoms with van der Waals surface area (Å²) in [7, 11) is 1.50. The van der Waals surface area contributed by atoms with Gasteiger partial charge in [0, 0.05) is 6.54 Å². The summed E-state index contributed by atoms with van der Waals surface area (Å²) in [6.45, 7) is 0.811. The molecule has 2 rings (SSSR count). The highest BCUT2D eigenvalue weighted by Crippen LogP contribution is 2.21. The van der Waals surface area contributed by atoms with E-state index in [0.29, 0.717) is 5.95 Å². The average Bonchev–Trinajstić information content (AvgIpc) is 2.77. The highest BCUT2D eigenvalue weighted by molar-refractivity contribution is 5.36. The summed E-state index contributed by atoms with van der Waals surface area (Å²) in [5.74, 6) is 0.519. The second-order valence-corrected chi connectivity index (χ2v) is 3.25. The first-order valence-corrected chi connectivity index (χ1v) is 4.74. The molecule has 0 N–H and O–H groups in total. The molecule has 0 unspecified atom stereocenters. The molecular weight excluding hydrogens is 194 g/mol. The van der Waals surface area contributed by atoms with Crippen LogP contribution in [0.4, 0.5) is 5.95 Å². The van der Waals surface area contributed by atoms with E-state index in [1.807, 2.05) is 4.90 Å². The smallest absolute Gasteiger partial charge is 0.320 e. The summed E-state index contributed by atoms with van der Waals surface area (Å²) in [5.41, 5.74) is 0. The third-order valence-corrected chi connectivity index (χ3v) is 2.38. The van der Waals surface area contributed by atoms with Crippen molar-refractivity contribution in [3.05, 3.63) is 6.33 Å². The van der Waals surface area contributed by atoms with Gasteiger partial charge >= 0.3 is 6.01 Å². The number of nitrogens with zero attached hydrogens (tertiary/aromatic N) is 5. The SMILES string of the molecule is COc1ncnc(N2CCC[C@H]2C#N)n1. The van der Waals surface area contributed by atoms with Gasteiger partial charge < -0.3 is 9.64 Å². The van der Waals surface area contributed by atoms with E-state index in [0.717, 1.165) is 19.4 Å². The number of rotatable bonds is 2. The molecule has 6 heteroatoms. The molecule has 1 aliphatic rings. The predicted molar refractivity (Wildman–Crippen MR) is 52.4 cm³/mol. The molecule has 2 heterocycles. The molecule has 0 aromatic carbocycles. The van der Waals surface area contributed by atoms with Crippen LogP contribution in [0.15, 0.2) is 6.33 Å². The van der Waals surface area contributed by atoms with Crippen molar-refractivity contribution >= 4 is 5.95 Å². The van der Waals surface area contributed by atoms with Gasteiger partial charge in [-0.1, -0.05) is 0 Å². The third-order valence-electron chi connectivity index (χ3n) is 2.38. The normalized spacial score (nSPS) is 20.0. The molecule has 1 aliphatic heterocycles. The predicted octanol–water partition coefficient (Wildman–Crippen LogP) is 0.373. The van der Waals surface area contributed by atoms with Crippen LogP contribution in [0.1, 0.15) is 12.8 Å². The highest BCUT2D eigenvalue weighted by atomic mass is 16.5. The lowest BCUT2D eigenvalue weighted by molar-refractivity contribution is 0.378. The Labute approximate surface area is 87.5 Å². The van der Waals surface area contributed by atoms with E-state index in [9.17, 15) is 0 Å². The van der Waals surface area contributed by atoms with Crippen molar-refractivity contribution in [3.63, 3.8) is 0 Å². The topological polar surface area (TPSA) is 74.9 Å². The van der Waals surface area contributed by atoms with Crippen molar-refractivity contribution in [3.8, 4) is 12.1 Å².